The van der Waals surface area contributed by atoms with Crippen molar-refractivity contribution in [2.24, 2.45) is 5.29 Å². The number of nitroso groups, excluding NO2 is 1. The van der Waals surface area contributed by atoms with Crippen molar-refractivity contribution in [1.82, 2.24) is 9.91 Å². The predicted molar refractivity (Wildman–Crippen MR) is 77.2 cm³/mol. The lowest BCUT2D eigenvalue weighted by atomic mass is 9.82. The fourth-order valence-corrected chi connectivity index (χ4v) is 4.44. The fourth-order valence-electron chi connectivity index (χ4n) is 3.24. The van der Waals surface area contributed by atoms with Crippen LogP contribution in [0.3, 0.4) is 0 Å². The van der Waals surface area contributed by atoms with E-state index in [2.05, 4.69) is 23.2 Å². The van der Waals surface area contributed by atoms with Gasteiger partial charge in [-0.25, -0.2) is 5.01 Å². The van der Waals surface area contributed by atoms with Gasteiger partial charge in [-0.15, -0.1) is 16.7 Å². The maximum absolute atomic E-state index is 11.4. The molecule has 0 aromatic heterocycles. The zero-order chi connectivity index (χ0) is 13.9. The minimum Gasteiger partial charge on any atom is -0.256 e. The van der Waals surface area contributed by atoms with Crippen LogP contribution < -0.4 is 0 Å². The molecule has 1 aliphatic heterocycles. The van der Waals surface area contributed by atoms with Crippen LogP contribution in [0.15, 0.2) is 5.29 Å². The summed E-state index contributed by atoms with van der Waals surface area (Å²) in [7, 11) is 0. The van der Waals surface area contributed by atoms with Crippen molar-refractivity contribution in [3.05, 3.63) is 4.91 Å². The monoisotopic (exact) mass is 282 g/mol. The zero-order valence-corrected chi connectivity index (χ0v) is 12.5. The fraction of sp³-hybridized carbons (Fsp3) is 0.923. The molecule has 0 amide bonds. The summed E-state index contributed by atoms with van der Waals surface area (Å²) in [6.45, 7) is 4.13. The second kappa shape index (κ2) is 6.10. The van der Waals surface area contributed by atoms with Gasteiger partial charge in [0.05, 0.1) is 16.9 Å². The Kier molecular flexibility index (Phi) is 4.69. The second-order valence-electron chi connectivity index (χ2n) is 5.77. The molecule has 0 aromatic rings. The first-order chi connectivity index (χ1) is 9.12. The Morgan fingerprint density at radius 3 is 2.74 bits per heavy atom. The van der Waals surface area contributed by atoms with Crippen LogP contribution in [0, 0.1) is 16.2 Å². The molecule has 0 bridgehead atoms. The first-order valence-electron chi connectivity index (χ1n) is 6.98. The van der Waals surface area contributed by atoms with Gasteiger partial charge >= 0.3 is 0 Å². The molecule has 6 heteroatoms. The van der Waals surface area contributed by atoms with E-state index >= 15 is 0 Å². The van der Waals surface area contributed by atoms with E-state index in [-0.39, 0.29) is 17.7 Å². The first kappa shape index (κ1) is 14.6. The van der Waals surface area contributed by atoms with Crippen molar-refractivity contribution < 1.29 is 0 Å². The Morgan fingerprint density at radius 1 is 1.47 bits per heavy atom. The number of thioether (sulfide) groups is 1. The molecule has 1 heterocycles. The molecule has 19 heavy (non-hydrogen) atoms. The summed E-state index contributed by atoms with van der Waals surface area (Å²) in [6.07, 6.45) is 5.50. The van der Waals surface area contributed by atoms with Crippen LogP contribution in [0.2, 0.25) is 0 Å². The molecule has 1 saturated carbocycles. The van der Waals surface area contributed by atoms with Crippen molar-refractivity contribution in [1.29, 1.82) is 5.26 Å². The third kappa shape index (κ3) is 2.87. The van der Waals surface area contributed by atoms with Crippen LogP contribution in [0.4, 0.5) is 0 Å². The second-order valence-corrected chi connectivity index (χ2v) is 6.77. The topological polar surface area (TPSA) is 59.7 Å². The van der Waals surface area contributed by atoms with Crippen LogP contribution in [0.5, 0.6) is 0 Å². The molecule has 0 spiro atoms. The molecule has 2 atom stereocenters. The van der Waals surface area contributed by atoms with E-state index in [1.165, 1.54) is 6.42 Å². The number of rotatable bonds is 4. The molecule has 0 aromatic carbocycles. The molecule has 2 aliphatic rings. The minimum absolute atomic E-state index is 0.0970. The Hall–Kier alpha value is -0.800. The van der Waals surface area contributed by atoms with E-state index in [4.69, 9.17) is 0 Å². The van der Waals surface area contributed by atoms with Crippen LogP contribution in [0.25, 0.3) is 0 Å². The molecule has 0 N–H and O–H groups in total. The van der Waals surface area contributed by atoms with Gasteiger partial charge in [0.2, 0.25) is 0 Å². The summed E-state index contributed by atoms with van der Waals surface area (Å²) in [5.74, 6) is 1.63. The van der Waals surface area contributed by atoms with Gasteiger partial charge in [0.15, 0.2) is 0 Å². The largest absolute Gasteiger partial charge is 0.256 e. The van der Waals surface area contributed by atoms with Crippen molar-refractivity contribution >= 4 is 11.8 Å². The Morgan fingerprint density at radius 2 is 2.16 bits per heavy atom. The van der Waals surface area contributed by atoms with E-state index < -0.39 is 0 Å². The van der Waals surface area contributed by atoms with Gasteiger partial charge < -0.3 is 0 Å². The van der Waals surface area contributed by atoms with Crippen LogP contribution in [-0.2, 0) is 0 Å². The Labute approximate surface area is 119 Å². The third-order valence-electron chi connectivity index (χ3n) is 4.47. The SMILES string of the molecule is CC(N1CSCC1C#N)N(N=O)C1(C)CCCCC1. The maximum Gasteiger partial charge on any atom is 0.109 e. The lowest BCUT2D eigenvalue weighted by Gasteiger charge is -2.45. The number of hydrogen-bond acceptors (Lipinski definition) is 5. The summed E-state index contributed by atoms with van der Waals surface area (Å²) >= 11 is 1.75. The third-order valence-corrected chi connectivity index (χ3v) is 5.50. The molecule has 106 valence electrons. The number of hydrogen-bond donors (Lipinski definition) is 0. The van der Waals surface area contributed by atoms with Gasteiger partial charge in [-0.1, -0.05) is 19.3 Å². The van der Waals surface area contributed by atoms with Crippen molar-refractivity contribution in [3.63, 3.8) is 0 Å². The number of nitriles is 1. The molecule has 5 nitrogen and oxygen atoms in total. The predicted octanol–water partition coefficient (Wildman–Crippen LogP) is 2.94. The molecule has 1 saturated heterocycles. The highest BCUT2D eigenvalue weighted by Crippen LogP contribution is 2.36. The molecule has 1 aliphatic carbocycles. The first-order valence-corrected chi connectivity index (χ1v) is 8.13. The van der Waals surface area contributed by atoms with Gasteiger partial charge in [-0.05, 0) is 26.7 Å². The summed E-state index contributed by atoms with van der Waals surface area (Å²) in [6, 6.07) is 2.22. The lowest BCUT2D eigenvalue weighted by molar-refractivity contribution is -0.0346. The van der Waals surface area contributed by atoms with Crippen molar-refractivity contribution in [2.75, 3.05) is 11.6 Å². The van der Waals surface area contributed by atoms with Crippen LogP contribution in [0.1, 0.15) is 46.0 Å². The average Bonchev–Trinajstić information content (AvgIpc) is 2.88. The standard InChI is InChI=1S/C13H22N4OS/c1-11(16-10-19-9-12(16)8-14)17(15-18)13(2)6-4-3-5-7-13/h11-12H,3-7,9-10H2,1-2H3. The summed E-state index contributed by atoms with van der Waals surface area (Å²) < 4.78 is 0. The quantitative estimate of drug-likeness (QED) is 0.586. The van der Waals surface area contributed by atoms with Gasteiger partial charge in [0.25, 0.3) is 0 Å². The normalized spacial score (nSPS) is 28.6. The highest BCUT2D eigenvalue weighted by atomic mass is 32.2. The molecular formula is C13H22N4OS. The Bertz CT molecular complexity index is 364. The highest BCUT2D eigenvalue weighted by Gasteiger charge is 2.41. The van der Waals surface area contributed by atoms with E-state index in [0.717, 1.165) is 37.3 Å². The zero-order valence-electron chi connectivity index (χ0n) is 11.7. The van der Waals surface area contributed by atoms with Gasteiger partial charge in [0.1, 0.15) is 12.2 Å². The van der Waals surface area contributed by atoms with E-state index in [0.29, 0.717) is 0 Å². The summed E-state index contributed by atoms with van der Waals surface area (Å²) in [4.78, 5) is 13.5. The van der Waals surface area contributed by atoms with Crippen LogP contribution >= 0.6 is 11.8 Å². The van der Waals surface area contributed by atoms with Crippen molar-refractivity contribution in [3.8, 4) is 6.07 Å². The smallest absolute Gasteiger partial charge is 0.109 e. The van der Waals surface area contributed by atoms with Crippen LogP contribution in [-0.4, -0.2) is 39.3 Å². The Balaban J connectivity index is 2.12. The summed E-state index contributed by atoms with van der Waals surface area (Å²) in [5, 5.41) is 14.2. The molecule has 2 rings (SSSR count). The minimum atomic E-state index is -0.146. The van der Waals surface area contributed by atoms with Gasteiger partial charge in [-0.2, -0.15) is 5.26 Å². The van der Waals surface area contributed by atoms with E-state index in [9.17, 15) is 10.2 Å². The lowest BCUT2D eigenvalue weighted by Crippen LogP contribution is -2.55. The van der Waals surface area contributed by atoms with Gasteiger partial charge in [0, 0.05) is 11.6 Å². The maximum atomic E-state index is 11.4. The molecule has 0 radical (unpaired) electrons. The van der Waals surface area contributed by atoms with E-state index in [1.54, 1.807) is 16.8 Å². The molecule has 2 fully saturated rings. The van der Waals surface area contributed by atoms with E-state index in [1.807, 2.05) is 6.92 Å². The summed E-state index contributed by atoms with van der Waals surface area (Å²) in [5.41, 5.74) is -0.146. The van der Waals surface area contributed by atoms with Crippen molar-refractivity contribution in [2.45, 2.75) is 63.7 Å². The average molecular weight is 282 g/mol. The van der Waals surface area contributed by atoms with Gasteiger partial charge in [-0.3, -0.25) is 4.90 Å². The number of nitrogens with zero attached hydrogens (tertiary/aromatic N) is 4. The molecular weight excluding hydrogens is 260 g/mol. The highest BCUT2D eigenvalue weighted by molar-refractivity contribution is 7.99. The molecule has 2 unspecified atom stereocenters.